The highest BCUT2D eigenvalue weighted by Gasteiger charge is 2.38. The summed E-state index contributed by atoms with van der Waals surface area (Å²) in [7, 11) is 1.69. The lowest BCUT2D eigenvalue weighted by atomic mass is 10.4. The van der Waals surface area contributed by atoms with E-state index in [1.807, 2.05) is 0 Å². The van der Waals surface area contributed by atoms with Crippen molar-refractivity contribution in [3.8, 4) is 5.88 Å². The first kappa shape index (κ1) is 11.6. The minimum atomic E-state index is -4.37. The second-order valence-corrected chi connectivity index (χ2v) is 2.94. The lowest BCUT2D eigenvalue weighted by Gasteiger charge is -2.16. The van der Waals surface area contributed by atoms with Gasteiger partial charge >= 0.3 is 6.18 Å². The van der Waals surface area contributed by atoms with E-state index >= 15 is 0 Å². The van der Waals surface area contributed by atoms with Gasteiger partial charge in [0.05, 0.1) is 11.9 Å². The molecule has 84 valence electrons. The summed E-state index contributed by atoms with van der Waals surface area (Å²) in [6.07, 6.45) is -4.83. The van der Waals surface area contributed by atoms with Crippen LogP contribution in [0.2, 0.25) is 0 Å². The molecule has 0 saturated heterocycles. The number of halogens is 3. The minimum absolute atomic E-state index is 0.0428. The van der Waals surface area contributed by atoms with Crippen molar-refractivity contribution in [2.24, 2.45) is 0 Å². The zero-order valence-corrected chi connectivity index (χ0v) is 8.30. The molecule has 0 amide bonds. The van der Waals surface area contributed by atoms with E-state index in [2.05, 4.69) is 15.0 Å². The van der Waals surface area contributed by atoms with E-state index in [-0.39, 0.29) is 5.88 Å². The third kappa shape index (κ3) is 3.30. The maximum absolute atomic E-state index is 12.1. The second-order valence-electron chi connectivity index (χ2n) is 2.94. The van der Waals surface area contributed by atoms with Crippen molar-refractivity contribution in [2.45, 2.75) is 19.2 Å². The minimum Gasteiger partial charge on any atom is -0.465 e. The van der Waals surface area contributed by atoms with Crippen molar-refractivity contribution in [2.75, 3.05) is 12.4 Å². The number of aromatic nitrogens is 1. The molecule has 0 aliphatic rings. The number of nitrogens with one attached hydrogen (secondary N) is 1. The Labute approximate surface area is 85.3 Å². The van der Waals surface area contributed by atoms with Crippen LogP contribution in [0.4, 0.5) is 18.9 Å². The zero-order valence-electron chi connectivity index (χ0n) is 8.30. The van der Waals surface area contributed by atoms with Gasteiger partial charge in [-0.25, -0.2) is 4.98 Å². The molecule has 6 heteroatoms. The van der Waals surface area contributed by atoms with Crippen molar-refractivity contribution >= 4 is 5.69 Å². The van der Waals surface area contributed by atoms with Crippen molar-refractivity contribution in [3.63, 3.8) is 0 Å². The number of hydrogen-bond donors (Lipinski definition) is 1. The number of ether oxygens (including phenoxy) is 1. The summed E-state index contributed by atoms with van der Waals surface area (Å²) >= 11 is 0. The number of alkyl halides is 3. The van der Waals surface area contributed by atoms with Gasteiger partial charge in [0.2, 0.25) is 5.88 Å². The first-order valence-electron chi connectivity index (χ1n) is 4.30. The Morgan fingerprint density at radius 1 is 1.40 bits per heavy atom. The largest absolute Gasteiger partial charge is 0.465 e. The Hall–Kier alpha value is -1.46. The number of hydrogen-bond acceptors (Lipinski definition) is 3. The summed E-state index contributed by atoms with van der Waals surface area (Å²) in [4.78, 5) is 3.72. The Morgan fingerprint density at radius 3 is 2.47 bits per heavy atom. The van der Waals surface area contributed by atoms with Crippen LogP contribution in [0.3, 0.4) is 0 Å². The van der Waals surface area contributed by atoms with Crippen LogP contribution >= 0.6 is 0 Å². The molecule has 0 bridgehead atoms. The summed E-state index contributed by atoms with van der Waals surface area (Å²) in [6.45, 7) is 0.938. The molecule has 15 heavy (non-hydrogen) atoms. The lowest BCUT2D eigenvalue weighted by Crippen LogP contribution is -2.31. The van der Waals surface area contributed by atoms with E-state index in [4.69, 9.17) is 0 Å². The van der Waals surface area contributed by atoms with Gasteiger partial charge < -0.3 is 10.1 Å². The quantitative estimate of drug-likeness (QED) is 0.849. The fourth-order valence-corrected chi connectivity index (χ4v) is 0.846. The molecule has 1 N–H and O–H groups in total. The van der Waals surface area contributed by atoms with Gasteiger partial charge in [-0.3, -0.25) is 0 Å². The second kappa shape index (κ2) is 4.37. The molecule has 0 radical (unpaired) electrons. The first-order chi connectivity index (χ1) is 6.93. The highest BCUT2D eigenvalue weighted by molar-refractivity contribution is 5.41. The van der Waals surface area contributed by atoms with Gasteiger partial charge in [-0.2, -0.15) is 13.2 Å². The van der Waals surface area contributed by atoms with Crippen LogP contribution in [0.15, 0.2) is 18.3 Å². The van der Waals surface area contributed by atoms with E-state index in [9.17, 15) is 13.2 Å². The Balaban J connectivity index is 2.65. The highest BCUT2D eigenvalue weighted by Crippen LogP contribution is 2.24. The molecule has 0 fully saturated rings. The summed E-state index contributed by atoms with van der Waals surface area (Å²) in [6, 6.07) is 2.97. The molecule has 0 aliphatic heterocycles. The van der Waals surface area contributed by atoms with Crippen LogP contribution in [0.25, 0.3) is 0 Å². The van der Waals surface area contributed by atoms with Gasteiger partial charge in [-0.1, -0.05) is 0 Å². The van der Waals surface area contributed by atoms with Gasteiger partial charge in [0.15, 0.2) is 6.10 Å². The molecular weight excluding hydrogens is 209 g/mol. The van der Waals surface area contributed by atoms with Crippen LogP contribution in [0.1, 0.15) is 6.92 Å². The van der Waals surface area contributed by atoms with Crippen LogP contribution < -0.4 is 10.1 Å². The van der Waals surface area contributed by atoms with Crippen LogP contribution in [0.5, 0.6) is 5.88 Å². The smallest absolute Gasteiger partial charge is 0.425 e. The van der Waals surface area contributed by atoms with E-state index < -0.39 is 12.3 Å². The predicted molar refractivity (Wildman–Crippen MR) is 49.9 cm³/mol. The SMILES string of the molecule is CNc1ccc(O[C@H](C)C(F)(F)F)nc1. The van der Waals surface area contributed by atoms with E-state index in [1.54, 1.807) is 13.1 Å². The van der Waals surface area contributed by atoms with E-state index in [0.29, 0.717) is 5.69 Å². The zero-order chi connectivity index (χ0) is 11.5. The maximum Gasteiger partial charge on any atom is 0.425 e. The summed E-state index contributed by atoms with van der Waals surface area (Å²) in [5.41, 5.74) is 0.710. The lowest BCUT2D eigenvalue weighted by molar-refractivity contribution is -0.189. The summed E-state index contributed by atoms with van der Waals surface area (Å²) in [5.74, 6) is -0.0428. The van der Waals surface area contributed by atoms with E-state index in [1.165, 1.54) is 12.3 Å². The predicted octanol–water partition coefficient (Wildman–Crippen LogP) is 2.45. The molecule has 0 aliphatic carbocycles. The van der Waals surface area contributed by atoms with Crippen molar-refractivity contribution < 1.29 is 17.9 Å². The standard InChI is InChI=1S/C9H11F3N2O/c1-6(9(10,11)12)15-8-4-3-7(13-2)5-14-8/h3-6,13H,1-2H3/t6-/m1/s1. The average molecular weight is 220 g/mol. The highest BCUT2D eigenvalue weighted by atomic mass is 19.4. The summed E-state index contributed by atoms with van der Waals surface area (Å²) < 4.78 is 41.0. The monoisotopic (exact) mass is 220 g/mol. The fourth-order valence-electron chi connectivity index (χ4n) is 0.846. The Morgan fingerprint density at radius 2 is 2.07 bits per heavy atom. The third-order valence-electron chi connectivity index (χ3n) is 1.78. The Kier molecular flexibility index (Phi) is 3.39. The van der Waals surface area contributed by atoms with Gasteiger partial charge in [0.1, 0.15) is 0 Å². The molecule has 1 atom stereocenters. The number of rotatable bonds is 3. The van der Waals surface area contributed by atoms with Crippen molar-refractivity contribution in [1.29, 1.82) is 0 Å². The van der Waals surface area contributed by atoms with E-state index in [0.717, 1.165) is 6.92 Å². The molecule has 1 aromatic heterocycles. The first-order valence-corrected chi connectivity index (χ1v) is 4.30. The normalized spacial score (nSPS) is 13.4. The molecule has 1 heterocycles. The molecule has 1 rings (SSSR count). The fraction of sp³-hybridized carbons (Fsp3) is 0.444. The summed E-state index contributed by atoms with van der Waals surface area (Å²) in [5, 5.41) is 2.80. The number of anilines is 1. The Bertz CT molecular complexity index is 310. The molecule has 3 nitrogen and oxygen atoms in total. The molecular formula is C9H11F3N2O. The van der Waals surface area contributed by atoms with Crippen LogP contribution in [-0.4, -0.2) is 24.3 Å². The van der Waals surface area contributed by atoms with Gasteiger partial charge in [-0.05, 0) is 13.0 Å². The third-order valence-corrected chi connectivity index (χ3v) is 1.78. The number of pyridine rings is 1. The molecule has 0 aromatic carbocycles. The maximum atomic E-state index is 12.1. The average Bonchev–Trinajstić information content (AvgIpc) is 2.17. The van der Waals surface area contributed by atoms with Gasteiger partial charge in [0, 0.05) is 13.1 Å². The molecule has 0 spiro atoms. The van der Waals surface area contributed by atoms with Gasteiger partial charge in [0.25, 0.3) is 0 Å². The molecule has 0 unspecified atom stereocenters. The number of nitrogens with zero attached hydrogens (tertiary/aromatic N) is 1. The molecule has 0 saturated carbocycles. The topological polar surface area (TPSA) is 34.1 Å². The van der Waals surface area contributed by atoms with Gasteiger partial charge in [-0.15, -0.1) is 0 Å². The molecule has 1 aromatic rings. The van der Waals surface area contributed by atoms with Crippen molar-refractivity contribution in [1.82, 2.24) is 4.98 Å². The van der Waals surface area contributed by atoms with Crippen LogP contribution in [0, 0.1) is 0 Å². The van der Waals surface area contributed by atoms with Crippen molar-refractivity contribution in [3.05, 3.63) is 18.3 Å². The van der Waals surface area contributed by atoms with Crippen LogP contribution in [-0.2, 0) is 0 Å².